The minimum atomic E-state index is 0. The zero-order valence-corrected chi connectivity index (χ0v) is 4.72. The summed E-state index contributed by atoms with van der Waals surface area (Å²) in [5.74, 6) is 0. The van der Waals surface area contributed by atoms with E-state index in [-0.39, 0.29) is 1.43 Å². The van der Waals surface area contributed by atoms with E-state index in [1.807, 2.05) is 0 Å². The Balaban J connectivity index is 0.000000490. The number of rotatable bonds is 0. The average Bonchev–Trinajstić information content (AvgIpc) is 1.87. The van der Waals surface area contributed by atoms with Gasteiger partial charge in [-0.05, 0) is 20.0 Å². The Morgan fingerprint density at radius 2 is 2.57 bits per heavy atom. The molecule has 0 bridgehead atoms. The maximum absolute atomic E-state index is 5.58. The van der Waals surface area contributed by atoms with Crippen LogP contribution < -0.4 is 5.73 Å². The van der Waals surface area contributed by atoms with Crippen molar-refractivity contribution in [2.45, 2.75) is 12.5 Å². The lowest BCUT2D eigenvalue weighted by atomic mass is 10.3. The SMILES string of the molecule is CN1CC[C@H](N)C1.[HH]. The molecule has 2 heteroatoms. The standard InChI is InChI=1S/C5H12N2.H2/c1-7-3-2-5(6)4-7;/h5H,2-4,6H2,1H3;1H/t5-;/m0./s1. The van der Waals surface area contributed by atoms with Gasteiger partial charge in [-0.1, -0.05) is 0 Å². The molecule has 0 radical (unpaired) electrons. The van der Waals surface area contributed by atoms with Crippen LogP contribution in [0.3, 0.4) is 0 Å². The van der Waals surface area contributed by atoms with Gasteiger partial charge in [0.05, 0.1) is 0 Å². The molecule has 1 saturated heterocycles. The van der Waals surface area contributed by atoms with E-state index in [4.69, 9.17) is 5.73 Å². The largest absolute Gasteiger partial charge is 0.326 e. The first kappa shape index (κ1) is 5.06. The van der Waals surface area contributed by atoms with E-state index in [1.165, 1.54) is 13.0 Å². The molecule has 0 unspecified atom stereocenters. The van der Waals surface area contributed by atoms with Crippen molar-refractivity contribution in [1.82, 2.24) is 4.90 Å². The van der Waals surface area contributed by atoms with E-state index < -0.39 is 0 Å². The van der Waals surface area contributed by atoms with E-state index in [0.717, 1.165) is 6.54 Å². The van der Waals surface area contributed by atoms with E-state index in [9.17, 15) is 0 Å². The van der Waals surface area contributed by atoms with Crippen molar-refractivity contribution in [1.29, 1.82) is 0 Å². The topological polar surface area (TPSA) is 29.3 Å². The molecule has 2 nitrogen and oxygen atoms in total. The Bertz CT molecular complexity index is 59.4. The third kappa shape index (κ3) is 1.14. The number of nitrogens with zero attached hydrogens (tertiary/aromatic N) is 1. The first-order chi connectivity index (χ1) is 3.29. The van der Waals surface area contributed by atoms with Gasteiger partial charge in [-0.25, -0.2) is 0 Å². The van der Waals surface area contributed by atoms with Crippen LogP contribution in [0.2, 0.25) is 0 Å². The van der Waals surface area contributed by atoms with Crippen molar-refractivity contribution in [3.8, 4) is 0 Å². The zero-order chi connectivity index (χ0) is 5.28. The van der Waals surface area contributed by atoms with Gasteiger partial charge in [0.1, 0.15) is 0 Å². The van der Waals surface area contributed by atoms with Crippen LogP contribution in [-0.2, 0) is 0 Å². The highest BCUT2D eigenvalue weighted by Gasteiger charge is 2.13. The molecule has 0 spiro atoms. The molecule has 7 heavy (non-hydrogen) atoms. The molecule has 0 saturated carbocycles. The van der Waals surface area contributed by atoms with Gasteiger partial charge in [-0.2, -0.15) is 0 Å². The molecular formula is C5H14N2. The predicted molar refractivity (Wildman–Crippen MR) is 32.2 cm³/mol. The maximum Gasteiger partial charge on any atom is 0.0179 e. The van der Waals surface area contributed by atoms with E-state index in [2.05, 4.69) is 11.9 Å². The van der Waals surface area contributed by atoms with Crippen LogP contribution in [0.15, 0.2) is 0 Å². The molecule has 44 valence electrons. The van der Waals surface area contributed by atoms with Crippen LogP contribution >= 0.6 is 0 Å². The van der Waals surface area contributed by atoms with Crippen molar-refractivity contribution < 1.29 is 1.43 Å². The molecule has 1 aliphatic rings. The molecule has 0 aromatic heterocycles. The van der Waals surface area contributed by atoms with Crippen molar-refractivity contribution in [2.24, 2.45) is 5.73 Å². The second kappa shape index (κ2) is 1.80. The van der Waals surface area contributed by atoms with Gasteiger partial charge in [0, 0.05) is 14.0 Å². The van der Waals surface area contributed by atoms with Crippen LogP contribution in [0.4, 0.5) is 0 Å². The third-order valence-corrected chi connectivity index (χ3v) is 1.43. The summed E-state index contributed by atoms with van der Waals surface area (Å²) in [5, 5.41) is 0. The second-order valence-electron chi connectivity index (χ2n) is 2.31. The summed E-state index contributed by atoms with van der Waals surface area (Å²) >= 11 is 0. The lowest BCUT2D eigenvalue weighted by Crippen LogP contribution is -2.23. The first-order valence-corrected chi connectivity index (χ1v) is 2.73. The van der Waals surface area contributed by atoms with Crippen LogP contribution in [0.1, 0.15) is 7.85 Å². The Morgan fingerprint density at radius 1 is 1.86 bits per heavy atom. The zero-order valence-electron chi connectivity index (χ0n) is 4.72. The van der Waals surface area contributed by atoms with Gasteiger partial charge < -0.3 is 10.6 Å². The molecule has 1 aliphatic heterocycles. The lowest BCUT2D eigenvalue weighted by Gasteiger charge is -2.03. The molecule has 0 aromatic rings. The smallest absolute Gasteiger partial charge is 0.0179 e. The fourth-order valence-corrected chi connectivity index (χ4v) is 0.969. The number of nitrogens with two attached hydrogens (primary N) is 1. The Labute approximate surface area is 45.8 Å². The van der Waals surface area contributed by atoms with Gasteiger partial charge in [0.2, 0.25) is 0 Å². The molecule has 2 N–H and O–H groups in total. The van der Waals surface area contributed by atoms with Gasteiger partial charge in [-0.15, -0.1) is 0 Å². The van der Waals surface area contributed by atoms with Crippen molar-refractivity contribution in [3.63, 3.8) is 0 Å². The molecule has 0 aromatic carbocycles. The number of hydrogen-bond acceptors (Lipinski definition) is 2. The third-order valence-electron chi connectivity index (χ3n) is 1.43. The highest BCUT2D eigenvalue weighted by Crippen LogP contribution is 2.01. The van der Waals surface area contributed by atoms with Gasteiger partial charge in [-0.3, -0.25) is 0 Å². The van der Waals surface area contributed by atoms with E-state index in [1.54, 1.807) is 0 Å². The van der Waals surface area contributed by atoms with Crippen LogP contribution in [0.25, 0.3) is 0 Å². The minimum Gasteiger partial charge on any atom is -0.326 e. The molecular weight excluding hydrogens is 88.1 g/mol. The molecule has 0 aliphatic carbocycles. The van der Waals surface area contributed by atoms with Gasteiger partial charge in [0.25, 0.3) is 0 Å². The molecule has 1 fully saturated rings. The summed E-state index contributed by atoms with van der Waals surface area (Å²) in [7, 11) is 2.10. The van der Waals surface area contributed by atoms with Gasteiger partial charge >= 0.3 is 0 Å². The Morgan fingerprint density at radius 3 is 2.71 bits per heavy atom. The molecule has 1 atom stereocenters. The number of likely N-dealkylation sites (tertiary alicyclic amines) is 1. The minimum absolute atomic E-state index is 0. The van der Waals surface area contributed by atoms with Crippen LogP contribution in [-0.4, -0.2) is 31.1 Å². The number of likely N-dealkylation sites (N-methyl/N-ethyl adjacent to an activating group) is 1. The van der Waals surface area contributed by atoms with Crippen LogP contribution in [0, 0.1) is 0 Å². The quantitative estimate of drug-likeness (QED) is 0.462. The summed E-state index contributed by atoms with van der Waals surface area (Å²) in [4.78, 5) is 2.25. The summed E-state index contributed by atoms with van der Waals surface area (Å²) < 4.78 is 0. The van der Waals surface area contributed by atoms with Crippen molar-refractivity contribution in [3.05, 3.63) is 0 Å². The molecule has 1 rings (SSSR count). The van der Waals surface area contributed by atoms with Gasteiger partial charge in [0.15, 0.2) is 0 Å². The number of hydrogen-bond donors (Lipinski definition) is 1. The summed E-state index contributed by atoms with van der Waals surface area (Å²) in [6, 6.07) is 0.449. The van der Waals surface area contributed by atoms with E-state index in [0.29, 0.717) is 6.04 Å². The Kier molecular flexibility index (Phi) is 1.30. The molecule has 0 amide bonds. The lowest BCUT2D eigenvalue weighted by molar-refractivity contribution is 0.411. The second-order valence-corrected chi connectivity index (χ2v) is 2.31. The van der Waals surface area contributed by atoms with Crippen molar-refractivity contribution in [2.75, 3.05) is 20.1 Å². The van der Waals surface area contributed by atoms with Crippen molar-refractivity contribution >= 4 is 0 Å². The fourth-order valence-electron chi connectivity index (χ4n) is 0.969. The summed E-state index contributed by atoms with van der Waals surface area (Å²) in [5.41, 5.74) is 5.58. The van der Waals surface area contributed by atoms with Crippen LogP contribution in [0.5, 0.6) is 0 Å². The predicted octanol–water partition coefficient (Wildman–Crippen LogP) is -0.105. The maximum atomic E-state index is 5.58. The Hall–Kier alpha value is -0.0800. The summed E-state index contributed by atoms with van der Waals surface area (Å²) in [6.45, 7) is 2.27. The first-order valence-electron chi connectivity index (χ1n) is 2.73. The monoisotopic (exact) mass is 102 g/mol. The molecule has 1 heterocycles. The highest BCUT2D eigenvalue weighted by molar-refractivity contribution is 4.74. The highest BCUT2D eigenvalue weighted by atomic mass is 15.1. The fraction of sp³-hybridized carbons (Fsp3) is 1.00. The summed E-state index contributed by atoms with van der Waals surface area (Å²) in [6.07, 6.45) is 1.18. The normalized spacial score (nSPS) is 34.3. The van der Waals surface area contributed by atoms with E-state index >= 15 is 0 Å². The average molecular weight is 102 g/mol.